The molecule has 6 heteroatoms. The highest BCUT2D eigenvalue weighted by molar-refractivity contribution is 7.90. The predicted molar refractivity (Wildman–Crippen MR) is 57.9 cm³/mol. The maximum absolute atomic E-state index is 11.6. The molecule has 1 fully saturated rings. The highest BCUT2D eigenvalue weighted by atomic mass is 32.2. The first-order valence-corrected chi connectivity index (χ1v) is 6.98. The zero-order valence-electron chi connectivity index (χ0n) is 8.95. The summed E-state index contributed by atoms with van der Waals surface area (Å²) in [4.78, 5) is 11.6. The van der Waals surface area contributed by atoms with Crippen LogP contribution >= 0.6 is 0 Å². The SMILES string of the molecule is CCS(=O)(=O)NC(=O)C1CCCCCN1. The topological polar surface area (TPSA) is 75.3 Å². The first-order valence-electron chi connectivity index (χ1n) is 5.33. The Morgan fingerprint density at radius 3 is 2.80 bits per heavy atom. The van der Waals surface area contributed by atoms with Gasteiger partial charge in [-0.05, 0) is 26.3 Å². The van der Waals surface area contributed by atoms with E-state index in [0.717, 1.165) is 25.8 Å². The second kappa shape index (κ2) is 5.46. The van der Waals surface area contributed by atoms with E-state index >= 15 is 0 Å². The van der Waals surface area contributed by atoms with Crippen molar-refractivity contribution in [2.24, 2.45) is 0 Å². The Bertz CT molecular complexity index is 305. The third-order valence-electron chi connectivity index (χ3n) is 2.51. The van der Waals surface area contributed by atoms with Gasteiger partial charge in [0.2, 0.25) is 10.0 Å². The summed E-state index contributed by atoms with van der Waals surface area (Å²) in [5.41, 5.74) is 0. The lowest BCUT2D eigenvalue weighted by molar-refractivity contribution is -0.121. The maximum Gasteiger partial charge on any atom is 0.250 e. The van der Waals surface area contributed by atoms with Crippen LogP contribution in [0.2, 0.25) is 0 Å². The van der Waals surface area contributed by atoms with Crippen LogP contribution in [0.3, 0.4) is 0 Å². The molecule has 0 aromatic rings. The Kier molecular flexibility index (Phi) is 4.53. The average Bonchev–Trinajstić information content (AvgIpc) is 2.45. The second-order valence-corrected chi connectivity index (χ2v) is 5.74. The van der Waals surface area contributed by atoms with Crippen LogP contribution in [0.15, 0.2) is 0 Å². The van der Waals surface area contributed by atoms with Crippen molar-refractivity contribution in [1.29, 1.82) is 0 Å². The fourth-order valence-electron chi connectivity index (χ4n) is 1.55. The van der Waals surface area contributed by atoms with Crippen LogP contribution in [0.4, 0.5) is 0 Å². The van der Waals surface area contributed by atoms with Gasteiger partial charge in [-0.3, -0.25) is 9.52 Å². The molecule has 1 heterocycles. The zero-order chi connectivity index (χ0) is 11.3. The molecule has 0 aliphatic carbocycles. The summed E-state index contributed by atoms with van der Waals surface area (Å²) in [6.07, 6.45) is 3.82. The number of nitrogens with one attached hydrogen (secondary N) is 2. The average molecular weight is 234 g/mol. The molecule has 1 amide bonds. The van der Waals surface area contributed by atoms with Gasteiger partial charge < -0.3 is 5.32 Å². The molecular weight excluding hydrogens is 216 g/mol. The maximum atomic E-state index is 11.6. The molecule has 0 aromatic heterocycles. The molecular formula is C9H18N2O3S. The predicted octanol–water partition coefficient (Wildman–Crippen LogP) is -0.0155. The Hall–Kier alpha value is -0.620. The van der Waals surface area contributed by atoms with E-state index in [9.17, 15) is 13.2 Å². The van der Waals surface area contributed by atoms with Gasteiger partial charge in [0, 0.05) is 0 Å². The van der Waals surface area contributed by atoms with Gasteiger partial charge in [-0.15, -0.1) is 0 Å². The zero-order valence-corrected chi connectivity index (χ0v) is 9.77. The molecule has 88 valence electrons. The van der Waals surface area contributed by atoms with Crippen LogP contribution in [0.25, 0.3) is 0 Å². The van der Waals surface area contributed by atoms with Crippen molar-refractivity contribution >= 4 is 15.9 Å². The summed E-state index contributed by atoms with van der Waals surface area (Å²) in [7, 11) is -3.42. The molecule has 0 saturated carbocycles. The molecule has 0 radical (unpaired) electrons. The van der Waals surface area contributed by atoms with Gasteiger partial charge in [0.25, 0.3) is 5.91 Å². The summed E-state index contributed by atoms with van der Waals surface area (Å²) in [5, 5.41) is 3.05. The lowest BCUT2D eigenvalue weighted by Gasteiger charge is -2.14. The van der Waals surface area contributed by atoms with Gasteiger partial charge in [0.05, 0.1) is 11.8 Å². The lowest BCUT2D eigenvalue weighted by Crippen LogP contribution is -2.46. The standard InChI is InChI=1S/C9H18N2O3S/c1-2-15(13,14)11-9(12)8-6-4-3-5-7-10-8/h8,10H,2-7H2,1H3,(H,11,12). The number of rotatable bonds is 3. The molecule has 5 nitrogen and oxygen atoms in total. The van der Waals surface area contributed by atoms with Gasteiger partial charge >= 0.3 is 0 Å². The van der Waals surface area contributed by atoms with Crippen molar-refractivity contribution in [2.75, 3.05) is 12.3 Å². The largest absolute Gasteiger partial charge is 0.306 e. The van der Waals surface area contributed by atoms with Crippen LogP contribution in [0.5, 0.6) is 0 Å². The van der Waals surface area contributed by atoms with Crippen LogP contribution in [0.1, 0.15) is 32.6 Å². The minimum atomic E-state index is -3.42. The third-order valence-corrected chi connectivity index (χ3v) is 3.79. The van der Waals surface area contributed by atoms with Gasteiger partial charge in [0.1, 0.15) is 0 Å². The smallest absolute Gasteiger partial charge is 0.250 e. The molecule has 0 aromatic carbocycles. The fraction of sp³-hybridized carbons (Fsp3) is 0.889. The molecule has 1 aliphatic heterocycles. The monoisotopic (exact) mass is 234 g/mol. The molecule has 1 saturated heterocycles. The van der Waals surface area contributed by atoms with Gasteiger partial charge in [0.15, 0.2) is 0 Å². The summed E-state index contributed by atoms with van der Waals surface area (Å²) in [6, 6.07) is -0.353. The van der Waals surface area contributed by atoms with E-state index in [0.29, 0.717) is 6.42 Å². The summed E-state index contributed by atoms with van der Waals surface area (Å²) in [5.74, 6) is -0.482. The van der Waals surface area contributed by atoms with Crippen molar-refractivity contribution < 1.29 is 13.2 Å². The molecule has 2 N–H and O–H groups in total. The van der Waals surface area contributed by atoms with Crippen LogP contribution < -0.4 is 10.0 Å². The van der Waals surface area contributed by atoms with E-state index in [2.05, 4.69) is 10.0 Å². The Labute approximate surface area is 90.7 Å². The molecule has 1 unspecified atom stereocenters. The third kappa shape index (κ3) is 4.17. The van der Waals surface area contributed by atoms with Crippen molar-refractivity contribution in [2.45, 2.75) is 38.6 Å². The van der Waals surface area contributed by atoms with E-state index in [1.54, 1.807) is 0 Å². The number of carbonyl (C=O) groups excluding carboxylic acids is 1. The van der Waals surface area contributed by atoms with Gasteiger partial charge in [-0.1, -0.05) is 12.8 Å². The highest BCUT2D eigenvalue weighted by Gasteiger charge is 2.22. The van der Waals surface area contributed by atoms with E-state index in [1.807, 2.05) is 0 Å². The molecule has 15 heavy (non-hydrogen) atoms. The quantitative estimate of drug-likeness (QED) is 0.720. The normalized spacial score (nSPS) is 23.1. The van der Waals surface area contributed by atoms with Crippen molar-refractivity contribution in [3.63, 3.8) is 0 Å². The molecule has 0 spiro atoms. The number of hydrogen-bond donors (Lipinski definition) is 2. The number of hydrogen-bond acceptors (Lipinski definition) is 4. The van der Waals surface area contributed by atoms with Crippen LogP contribution in [0, 0.1) is 0 Å². The lowest BCUT2D eigenvalue weighted by atomic mass is 10.1. The Morgan fingerprint density at radius 1 is 1.40 bits per heavy atom. The first kappa shape index (κ1) is 12.4. The molecule has 1 atom stereocenters. The van der Waals surface area contributed by atoms with Crippen LogP contribution in [-0.2, 0) is 14.8 Å². The second-order valence-electron chi connectivity index (χ2n) is 3.73. The molecule has 1 aliphatic rings. The molecule has 0 bridgehead atoms. The summed E-state index contributed by atoms with van der Waals surface area (Å²) < 4.78 is 24.4. The number of carbonyl (C=O) groups is 1. The van der Waals surface area contributed by atoms with Crippen molar-refractivity contribution in [3.8, 4) is 0 Å². The minimum Gasteiger partial charge on any atom is -0.306 e. The van der Waals surface area contributed by atoms with Crippen molar-refractivity contribution in [3.05, 3.63) is 0 Å². The number of amides is 1. The van der Waals surface area contributed by atoms with Crippen molar-refractivity contribution in [1.82, 2.24) is 10.0 Å². The Balaban J connectivity index is 2.52. The first-order chi connectivity index (χ1) is 7.05. The molecule has 1 rings (SSSR count). The number of sulfonamides is 1. The minimum absolute atomic E-state index is 0.0640. The summed E-state index contributed by atoms with van der Waals surface area (Å²) >= 11 is 0. The van der Waals surface area contributed by atoms with E-state index in [-0.39, 0.29) is 11.8 Å². The van der Waals surface area contributed by atoms with E-state index in [1.165, 1.54) is 6.92 Å². The van der Waals surface area contributed by atoms with Gasteiger partial charge in [-0.2, -0.15) is 0 Å². The van der Waals surface area contributed by atoms with E-state index in [4.69, 9.17) is 0 Å². The fourth-order valence-corrected chi connectivity index (χ4v) is 2.14. The van der Waals surface area contributed by atoms with E-state index < -0.39 is 15.9 Å². The van der Waals surface area contributed by atoms with Gasteiger partial charge in [-0.25, -0.2) is 8.42 Å². The van der Waals surface area contributed by atoms with Crippen LogP contribution in [-0.4, -0.2) is 32.7 Å². The highest BCUT2D eigenvalue weighted by Crippen LogP contribution is 2.08. The Morgan fingerprint density at radius 2 is 2.13 bits per heavy atom. The summed E-state index contributed by atoms with van der Waals surface area (Å²) in [6.45, 7) is 2.29.